The SMILES string of the molecule is CCCn1ncc(Br)c1C(O)c1cccc(C)n1. The fourth-order valence-corrected chi connectivity index (χ4v) is 2.40. The average molecular weight is 310 g/mol. The summed E-state index contributed by atoms with van der Waals surface area (Å²) in [5, 5.41) is 14.7. The van der Waals surface area contributed by atoms with Gasteiger partial charge in [-0.2, -0.15) is 5.10 Å². The molecule has 2 aromatic rings. The van der Waals surface area contributed by atoms with Crippen LogP contribution in [0.15, 0.2) is 28.9 Å². The Kier molecular flexibility index (Phi) is 4.14. The molecule has 0 radical (unpaired) electrons. The predicted molar refractivity (Wildman–Crippen MR) is 73.3 cm³/mol. The van der Waals surface area contributed by atoms with Gasteiger partial charge in [-0.1, -0.05) is 13.0 Å². The number of halogens is 1. The minimum atomic E-state index is -0.756. The van der Waals surface area contributed by atoms with Crippen LogP contribution in [0.4, 0.5) is 0 Å². The Labute approximate surface area is 115 Å². The van der Waals surface area contributed by atoms with Crippen molar-refractivity contribution in [1.82, 2.24) is 14.8 Å². The lowest BCUT2D eigenvalue weighted by Crippen LogP contribution is -2.12. The first-order valence-electron chi connectivity index (χ1n) is 5.96. The molecule has 0 aliphatic rings. The van der Waals surface area contributed by atoms with Crippen LogP contribution in [-0.2, 0) is 6.54 Å². The Balaban J connectivity index is 2.39. The lowest BCUT2D eigenvalue weighted by Gasteiger charge is -2.13. The molecule has 0 aliphatic heterocycles. The molecule has 0 aliphatic carbocycles. The summed E-state index contributed by atoms with van der Waals surface area (Å²) in [6.07, 6.45) is 1.92. The normalized spacial score (nSPS) is 12.7. The summed E-state index contributed by atoms with van der Waals surface area (Å²) >= 11 is 3.43. The van der Waals surface area contributed by atoms with Crippen LogP contribution >= 0.6 is 15.9 Å². The molecular formula is C13H16BrN3O. The summed E-state index contributed by atoms with van der Waals surface area (Å²) in [7, 11) is 0. The van der Waals surface area contributed by atoms with E-state index in [1.807, 2.05) is 29.8 Å². The molecule has 2 aromatic heterocycles. The van der Waals surface area contributed by atoms with E-state index < -0.39 is 6.10 Å². The van der Waals surface area contributed by atoms with Crippen LogP contribution in [0.5, 0.6) is 0 Å². The molecule has 96 valence electrons. The highest BCUT2D eigenvalue weighted by Gasteiger charge is 2.20. The fourth-order valence-electron chi connectivity index (χ4n) is 1.89. The van der Waals surface area contributed by atoms with Crippen LogP contribution in [0, 0.1) is 6.92 Å². The first kappa shape index (κ1) is 13.2. The molecule has 0 bridgehead atoms. The minimum Gasteiger partial charge on any atom is -0.380 e. The van der Waals surface area contributed by atoms with E-state index in [1.165, 1.54) is 0 Å². The topological polar surface area (TPSA) is 50.9 Å². The maximum Gasteiger partial charge on any atom is 0.139 e. The van der Waals surface area contributed by atoms with Gasteiger partial charge in [0.1, 0.15) is 6.10 Å². The molecular weight excluding hydrogens is 294 g/mol. The Morgan fingerprint density at radius 3 is 2.89 bits per heavy atom. The molecule has 0 aromatic carbocycles. The molecule has 1 N–H and O–H groups in total. The van der Waals surface area contributed by atoms with Gasteiger partial charge < -0.3 is 5.11 Å². The van der Waals surface area contributed by atoms with Gasteiger partial charge in [-0.25, -0.2) is 0 Å². The van der Waals surface area contributed by atoms with Gasteiger partial charge in [-0.3, -0.25) is 9.67 Å². The zero-order valence-electron chi connectivity index (χ0n) is 10.5. The van der Waals surface area contributed by atoms with E-state index in [2.05, 4.69) is 32.9 Å². The Hall–Kier alpha value is -1.20. The highest BCUT2D eigenvalue weighted by molar-refractivity contribution is 9.10. The van der Waals surface area contributed by atoms with E-state index in [-0.39, 0.29) is 0 Å². The van der Waals surface area contributed by atoms with Crippen molar-refractivity contribution in [2.75, 3.05) is 0 Å². The van der Waals surface area contributed by atoms with Crippen molar-refractivity contribution in [3.8, 4) is 0 Å². The van der Waals surface area contributed by atoms with Crippen molar-refractivity contribution < 1.29 is 5.11 Å². The highest BCUT2D eigenvalue weighted by atomic mass is 79.9. The third-order valence-electron chi connectivity index (χ3n) is 2.72. The number of aliphatic hydroxyl groups is 1. The zero-order valence-corrected chi connectivity index (χ0v) is 12.1. The number of hydrogen-bond donors (Lipinski definition) is 1. The van der Waals surface area contributed by atoms with Crippen LogP contribution in [0.3, 0.4) is 0 Å². The number of aromatic nitrogens is 3. The molecule has 0 saturated carbocycles. The monoisotopic (exact) mass is 309 g/mol. The summed E-state index contributed by atoms with van der Waals surface area (Å²) in [5.74, 6) is 0. The Bertz CT molecular complexity index is 539. The number of nitrogens with zero attached hydrogens (tertiary/aromatic N) is 3. The summed E-state index contributed by atoms with van der Waals surface area (Å²) < 4.78 is 2.63. The van der Waals surface area contributed by atoms with Crippen LogP contribution in [0.1, 0.15) is 36.5 Å². The lowest BCUT2D eigenvalue weighted by molar-refractivity contribution is 0.201. The van der Waals surface area contributed by atoms with Gasteiger partial charge in [0.15, 0.2) is 0 Å². The van der Waals surface area contributed by atoms with Gasteiger partial charge in [-0.05, 0) is 41.4 Å². The van der Waals surface area contributed by atoms with E-state index in [1.54, 1.807) is 6.20 Å². The van der Waals surface area contributed by atoms with Crippen molar-refractivity contribution in [3.63, 3.8) is 0 Å². The van der Waals surface area contributed by atoms with E-state index in [0.29, 0.717) is 5.69 Å². The van der Waals surface area contributed by atoms with Crippen LogP contribution in [0.2, 0.25) is 0 Å². The molecule has 1 atom stereocenters. The van der Waals surface area contributed by atoms with Gasteiger partial charge in [0.05, 0.1) is 22.1 Å². The third kappa shape index (κ3) is 2.62. The summed E-state index contributed by atoms with van der Waals surface area (Å²) in [4.78, 5) is 4.36. The number of aliphatic hydroxyl groups excluding tert-OH is 1. The van der Waals surface area contributed by atoms with Crippen LogP contribution in [0.25, 0.3) is 0 Å². The largest absolute Gasteiger partial charge is 0.380 e. The molecule has 2 heterocycles. The van der Waals surface area contributed by atoms with E-state index >= 15 is 0 Å². The van der Waals surface area contributed by atoms with Crippen molar-refractivity contribution in [2.45, 2.75) is 32.9 Å². The first-order valence-corrected chi connectivity index (χ1v) is 6.75. The average Bonchev–Trinajstić information content (AvgIpc) is 2.70. The van der Waals surface area contributed by atoms with Gasteiger partial charge in [-0.15, -0.1) is 0 Å². The minimum absolute atomic E-state index is 0.647. The summed E-state index contributed by atoms with van der Waals surface area (Å²) in [6, 6.07) is 5.64. The van der Waals surface area contributed by atoms with Gasteiger partial charge >= 0.3 is 0 Å². The zero-order chi connectivity index (χ0) is 13.1. The maximum absolute atomic E-state index is 10.4. The van der Waals surface area contributed by atoms with Crippen LogP contribution in [-0.4, -0.2) is 19.9 Å². The quantitative estimate of drug-likeness (QED) is 0.945. The second kappa shape index (κ2) is 5.63. The molecule has 4 nitrogen and oxygen atoms in total. The van der Waals surface area contributed by atoms with Crippen molar-refractivity contribution >= 4 is 15.9 Å². The van der Waals surface area contributed by atoms with E-state index in [9.17, 15) is 5.11 Å². The van der Waals surface area contributed by atoms with E-state index in [4.69, 9.17) is 0 Å². The standard InChI is InChI=1S/C13H16BrN3O/c1-3-7-17-12(10(14)8-15-17)13(18)11-6-4-5-9(2)16-11/h4-6,8,13,18H,3,7H2,1-2H3. The molecule has 0 saturated heterocycles. The Morgan fingerprint density at radius 2 is 2.22 bits per heavy atom. The van der Waals surface area contributed by atoms with Crippen molar-refractivity contribution in [1.29, 1.82) is 0 Å². The molecule has 0 fully saturated rings. The molecule has 0 spiro atoms. The molecule has 5 heteroatoms. The lowest BCUT2D eigenvalue weighted by atomic mass is 10.1. The predicted octanol–water partition coefficient (Wildman–Crippen LogP) is 2.84. The first-order chi connectivity index (χ1) is 8.63. The van der Waals surface area contributed by atoms with Crippen molar-refractivity contribution in [2.24, 2.45) is 0 Å². The van der Waals surface area contributed by atoms with Crippen LogP contribution < -0.4 is 0 Å². The highest BCUT2D eigenvalue weighted by Crippen LogP contribution is 2.27. The smallest absolute Gasteiger partial charge is 0.139 e. The summed E-state index contributed by atoms with van der Waals surface area (Å²) in [5.41, 5.74) is 2.30. The number of hydrogen-bond acceptors (Lipinski definition) is 3. The number of aryl methyl sites for hydroxylation is 2. The van der Waals surface area contributed by atoms with Gasteiger partial charge in [0, 0.05) is 12.2 Å². The van der Waals surface area contributed by atoms with Gasteiger partial charge in [0.25, 0.3) is 0 Å². The number of pyridine rings is 1. The molecule has 0 amide bonds. The van der Waals surface area contributed by atoms with Crippen molar-refractivity contribution in [3.05, 3.63) is 46.0 Å². The summed E-state index contributed by atoms with van der Waals surface area (Å²) in [6.45, 7) is 4.77. The third-order valence-corrected chi connectivity index (χ3v) is 3.33. The maximum atomic E-state index is 10.4. The van der Waals surface area contributed by atoms with E-state index in [0.717, 1.165) is 28.8 Å². The Morgan fingerprint density at radius 1 is 1.44 bits per heavy atom. The molecule has 1 unspecified atom stereocenters. The second-order valence-corrected chi connectivity index (χ2v) is 5.06. The molecule has 18 heavy (non-hydrogen) atoms. The fraction of sp³-hybridized carbons (Fsp3) is 0.385. The van der Waals surface area contributed by atoms with Gasteiger partial charge in [0.2, 0.25) is 0 Å². The number of rotatable bonds is 4. The molecule has 2 rings (SSSR count). The second-order valence-electron chi connectivity index (χ2n) is 4.21.